The molecule has 1 aliphatic rings. The van der Waals surface area contributed by atoms with E-state index in [-0.39, 0.29) is 5.76 Å². The number of nitrogens with one attached hydrogen (secondary N) is 1. The molecule has 1 aromatic rings. The van der Waals surface area contributed by atoms with E-state index in [0.29, 0.717) is 6.54 Å². The average molecular weight is 267 g/mol. The molecule has 0 spiro atoms. The van der Waals surface area contributed by atoms with Gasteiger partial charge in [0.2, 0.25) is 0 Å². The lowest BCUT2D eigenvalue weighted by atomic mass is 10.4. The van der Waals surface area contributed by atoms with Gasteiger partial charge in [-0.05, 0) is 37.9 Å². The predicted octanol–water partition coefficient (Wildman–Crippen LogP) is 0.742. The van der Waals surface area contributed by atoms with E-state index < -0.39 is 5.91 Å². The fourth-order valence-electron chi connectivity index (χ4n) is 1.76. The average Bonchev–Trinajstić information content (AvgIpc) is 3.12. The number of carbonyl (C=O) groups excluding carboxylic acids is 1. The van der Waals surface area contributed by atoms with Crippen molar-refractivity contribution >= 4 is 5.91 Å². The van der Waals surface area contributed by atoms with Gasteiger partial charge in [0.1, 0.15) is 5.76 Å². The van der Waals surface area contributed by atoms with E-state index in [9.17, 15) is 4.79 Å². The van der Waals surface area contributed by atoms with Crippen LogP contribution in [0.25, 0.3) is 0 Å². The smallest absolute Gasteiger partial charge is 0.300 e. The van der Waals surface area contributed by atoms with Crippen LogP contribution in [0.3, 0.4) is 0 Å². The Morgan fingerprint density at radius 1 is 1.58 bits per heavy atom. The molecule has 1 aliphatic carbocycles. The van der Waals surface area contributed by atoms with E-state index >= 15 is 0 Å². The van der Waals surface area contributed by atoms with Crippen molar-refractivity contribution in [1.29, 1.82) is 0 Å². The van der Waals surface area contributed by atoms with Crippen LogP contribution in [0.2, 0.25) is 0 Å². The normalized spacial score (nSPS) is 14.9. The molecule has 1 aromatic heterocycles. The number of carbonyl (C=O) groups is 1. The third-order valence-electron chi connectivity index (χ3n) is 3.11. The molecule has 0 aliphatic heterocycles. The van der Waals surface area contributed by atoms with E-state index in [1.54, 1.807) is 12.1 Å². The summed E-state index contributed by atoms with van der Waals surface area (Å²) in [5, 5.41) is 0. The summed E-state index contributed by atoms with van der Waals surface area (Å²) in [6, 6.07) is 3.40. The summed E-state index contributed by atoms with van der Waals surface area (Å²) in [5.41, 5.74) is 2.04. The first-order valence-corrected chi connectivity index (χ1v) is 6.55. The van der Waals surface area contributed by atoms with Crippen molar-refractivity contribution in [3.63, 3.8) is 0 Å². The molecule has 0 radical (unpaired) electrons. The second-order valence-electron chi connectivity index (χ2n) is 5.00. The molecule has 19 heavy (non-hydrogen) atoms. The third kappa shape index (κ3) is 4.66. The minimum absolute atomic E-state index is 0.232. The van der Waals surface area contributed by atoms with Gasteiger partial charge in [-0.15, -0.1) is 0 Å². The molecule has 3 N–H and O–H groups in total. The number of nitrogens with two attached hydrogens (primary N) is 1. The molecule has 1 fully saturated rings. The molecular weight excluding hydrogens is 246 g/mol. The highest BCUT2D eigenvalue weighted by Crippen LogP contribution is 2.28. The zero-order valence-corrected chi connectivity index (χ0v) is 11.2. The van der Waals surface area contributed by atoms with Crippen LogP contribution >= 0.6 is 0 Å². The van der Waals surface area contributed by atoms with Crippen LogP contribution in [-0.2, 0) is 11.3 Å². The topological polar surface area (TPSA) is 80.7 Å². The lowest BCUT2D eigenvalue weighted by molar-refractivity contribution is 0.0913. The Hall–Kier alpha value is -1.37. The number of nitrogen functional groups attached to an aromatic ring is 1. The molecular formula is C13H21N3O3. The molecule has 0 atom stereocenters. The van der Waals surface area contributed by atoms with Crippen LogP contribution in [0, 0.1) is 5.92 Å². The Bertz CT molecular complexity index is 415. The quantitative estimate of drug-likeness (QED) is 0.314. The van der Waals surface area contributed by atoms with Gasteiger partial charge < -0.3 is 9.15 Å². The van der Waals surface area contributed by atoms with Gasteiger partial charge in [-0.25, -0.2) is 5.84 Å². The van der Waals surface area contributed by atoms with Crippen LogP contribution in [0.4, 0.5) is 0 Å². The van der Waals surface area contributed by atoms with E-state index in [1.807, 2.05) is 12.5 Å². The van der Waals surface area contributed by atoms with Crippen molar-refractivity contribution in [1.82, 2.24) is 10.3 Å². The Balaban J connectivity index is 1.67. The number of likely N-dealkylation sites (N-methyl/N-ethyl adjacent to an activating group) is 1. The van der Waals surface area contributed by atoms with Gasteiger partial charge in [0.25, 0.3) is 0 Å². The maximum Gasteiger partial charge on any atom is 0.300 e. The fourth-order valence-corrected chi connectivity index (χ4v) is 1.76. The molecule has 0 bridgehead atoms. The number of ether oxygens (including phenoxy) is 1. The van der Waals surface area contributed by atoms with Gasteiger partial charge in [0.15, 0.2) is 5.76 Å². The Morgan fingerprint density at radius 2 is 2.37 bits per heavy atom. The minimum Gasteiger partial charge on any atom is -0.455 e. The van der Waals surface area contributed by atoms with E-state index in [0.717, 1.165) is 31.4 Å². The van der Waals surface area contributed by atoms with E-state index in [1.165, 1.54) is 12.8 Å². The van der Waals surface area contributed by atoms with Crippen LogP contribution in [0.1, 0.15) is 29.2 Å². The summed E-state index contributed by atoms with van der Waals surface area (Å²) >= 11 is 0. The van der Waals surface area contributed by atoms with Gasteiger partial charge in [-0.1, -0.05) is 0 Å². The van der Waals surface area contributed by atoms with Gasteiger partial charge in [0, 0.05) is 13.2 Å². The maximum atomic E-state index is 11.2. The molecule has 6 heteroatoms. The second kappa shape index (κ2) is 6.70. The predicted molar refractivity (Wildman–Crippen MR) is 70.2 cm³/mol. The number of rotatable bonds is 8. The van der Waals surface area contributed by atoms with E-state index in [2.05, 4.69) is 4.90 Å². The molecule has 2 rings (SSSR count). The van der Waals surface area contributed by atoms with E-state index in [4.69, 9.17) is 15.0 Å². The maximum absolute atomic E-state index is 11.2. The summed E-state index contributed by atoms with van der Waals surface area (Å²) in [7, 11) is 1.99. The number of hydrogen-bond donors (Lipinski definition) is 2. The van der Waals surface area contributed by atoms with Crippen molar-refractivity contribution in [3.8, 4) is 0 Å². The van der Waals surface area contributed by atoms with Gasteiger partial charge >= 0.3 is 5.91 Å². The van der Waals surface area contributed by atoms with Crippen LogP contribution in [-0.4, -0.2) is 37.6 Å². The zero-order chi connectivity index (χ0) is 13.7. The molecule has 1 saturated carbocycles. The minimum atomic E-state index is -0.415. The molecule has 1 amide bonds. The van der Waals surface area contributed by atoms with Crippen molar-refractivity contribution in [2.24, 2.45) is 11.8 Å². The highest BCUT2D eigenvalue weighted by molar-refractivity contribution is 5.90. The van der Waals surface area contributed by atoms with Crippen LogP contribution < -0.4 is 11.3 Å². The molecule has 0 unspecified atom stereocenters. The first-order valence-electron chi connectivity index (χ1n) is 6.55. The molecule has 6 nitrogen and oxygen atoms in total. The number of hydrogen-bond acceptors (Lipinski definition) is 5. The SMILES string of the molecule is CN(CCOCC1CC1)Cc1ccc(C(=O)NN)o1. The fraction of sp³-hybridized carbons (Fsp3) is 0.615. The molecule has 106 valence electrons. The first-order chi connectivity index (χ1) is 9.19. The van der Waals surface area contributed by atoms with Crippen molar-refractivity contribution in [3.05, 3.63) is 23.7 Å². The second-order valence-corrected chi connectivity index (χ2v) is 5.00. The molecule has 1 heterocycles. The summed E-state index contributed by atoms with van der Waals surface area (Å²) in [4.78, 5) is 13.3. The van der Waals surface area contributed by atoms with Crippen molar-refractivity contribution < 1.29 is 13.9 Å². The summed E-state index contributed by atoms with van der Waals surface area (Å²) in [6.07, 6.45) is 2.63. The number of hydrazine groups is 1. The van der Waals surface area contributed by atoms with Crippen LogP contribution in [0.15, 0.2) is 16.5 Å². The molecule has 0 aromatic carbocycles. The summed E-state index contributed by atoms with van der Waals surface area (Å²) < 4.78 is 11.0. The number of nitrogens with zero attached hydrogens (tertiary/aromatic N) is 1. The lowest BCUT2D eigenvalue weighted by Gasteiger charge is -2.14. The summed E-state index contributed by atoms with van der Waals surface area (Å²) in [6.45, 7) is 3.09. The Labute approximate surface area is 112 Å². The number of amides is 1. The standard InChI is InChI=1S/C13H21N3O3/c1-16(6-7-18-9-10-2-3-10)8-11-4-5-12(19-11)13(17)15-14/h4-5,10H,2-3,6-9,14H2,1H3,(H,15,17). The van der Waals surface area contributed by atoms with Crippen molar-refractivity contribution in [2.45, 2.75) is 19.4 Å². The van der Waals surface area contributed by atoms with Crippen LogP contribution in [0.5, 0.6) is 0 Å². The van der Waals surface area contributed by atoms with Gasteiger partial charge in [0.05, 0.1) is 13.2 Å². The number of furan rings is 1. The van der Waals surface area contributed by atoms with Crippen molar-refractivity contribution in [2.75, 3.05) is 26.8 Å². The largest absolute Gasteiger partial charge is 0.455 e. The zero-order valence-electron chi connectivity index (χ0n) is 11.2. The van der Waals surface area contributed by atoms with Gasteiger partial charge in [-0.3, -0.25) is 15.1 Å². The Kier molecular flexibility index (Phi) is 4.95. The van der Waals surface area contributed by atoms with Gasteiger partial charge in [-0.2, -0.15) is 0 Å². The summed E-state index contributed by atoms with van der Waals surface area (Å²) in [5.74, 6) is 6.39. The molecule has 0 saturated heterocycles. The highest BCUT2D eigenvalue weighted by atomic mass is 16.5. The lowest BCUT2D eigenvalue weighted by Crippen LogP contribution is -2.29. The third-order valence-corrected chi connectivity index (χ3v) is 3.11. The highest BCUT2D eigenvalue weighted by Gasteiger charge is 2.21. The monoisotopic (exact) mass is 267 g/mol. The Morgan fingerprint density at radius 3 is 3.05 bits per heavy atom. The first kappa shape index (κ1) is 14.0.